The van der Waals surface area contributed by atoms with E-state index in [1.165, 1.54) is 11.7 Å². The number of hydrogen-bond acceptors (Lipinski definition) is 4. The average molecular weight is 164 g/mol. The van der Waals surface area contributed by atoms with E-state index in [1.807, 2.05) is 0 Å². The van der Waals surface area contributed by atoms with Crippen molar-refractivity contribution in [3.63, 3.8) is 0 Å². The first kappa shape index (κ1) is 6.36. The molecule has 0 amide bonds. The Labute approximate surface area is 67.7 Å². The van der Waals surface area contributed by atoms with E-state index in [9.17, 15) is 0 Å². The van der Waals surface area contributed by atoms with Crippen LogP contribution in [0.4, 0.5) is 0 Å². The van der Waals surface area contributed by atoms with Crippen molar-refractivity contribution >= 4 is 28.7 Å². The maximum atomic E-state index is 4.75. The second-order valence-electron chi connectivity index (χ2n) is 1.98. The van der Waals surface area contributed by atoms with Crippen molar-refractivity contribution in [1.82, 2.24) is 19.9 Å². The SMILES string of the molecule is S=Cc1ncnc2nc[nH]c12. The fourth-order valence-corrected chi connectivity index (χ4v) is 1.05. The number of nitrogens with one attached hydrogen (secondary N) is 1. The summed E-state index contributed by atoms with van der Waals surface area (Å²) in [7, 11) is 0. The number of aromatic amines is 1. The Morgan fingerprint density at radius 3 is 3.09 bits per heavy atom. The molecule has 0 bridgehead atoms. The van der Waals surface area contributed by atoms with Crippen LogP contribution in [0.15, 0.2) is 12.7 Å². The molecule has 0 atom stereocenters. The molecule has 0 aliphatic rings. The molecule has 2 rings (SSSR count). The number of fused-ring (bicyclic) bond motifs is 1. The number of rotatable bonds is 1. The fraction of sp³-hybridized carbons (Fsp3) is 0. The summed E-state index contributed by atoms with van der Waals surface area (Å²) in [6, 6.07) is 0. The van der Waals surface area contributed by atoms with Crippen LogP contribution in [0.1, 0.15) is 5.69 Å². The summed E-state index contributed by atoms with van der Waals surface area (Å²) in [4.78, 5) is 14.7. The number of imidazole rings is 1. The maximum Gasteiger partial charge on any atom is 0.181 e. The number of aromatic nitrogens is 4. The molecule has 0 fully saturated rings. The average Bonchev–Trinajstić information content (AvgIpc) is 2.50. The van der Waals surface area contributed by atoms with E-state index in [4.69, 9.17) is 12.2 Å². The highest BCUT2D eigenvalue weighted by atomic mass is 32.1. The van der Waals surface area contributed by atoms with Crippen molar-refractivity contribution < 1.29 is 0 Å². The van der Waals surface area contributed by atoms with Crippen LogP contribution in [0.3, 0.4) is 0 Å². The predicted molar refractivity (Wildman–Crippen MR) is 44.4 cm³/mol. The molecular formula is C6H4N4S. The van der Waals surface area contributed by atoms with Gasteiger partial charge < -0.3 is 4.98 Å². The van der Waals surface area contributed by atoms with Crippen LogP contribution in [-0.2, 0) is 0 Å². The highest BCUT2D eigenvalue weighted by Crippen LogP contribution is 2.06. The van der Waals surface area contributed by atoms with Crippen molar-refractivity contribution in [2.75, 3.05) is 0 Å². The summed E-state index contributed by atoms with van der Waals surface area (Å²) in [5.74, 6) is 0. The first-order valence-corrected chi connectivity index (χ1v) is 3.48. The minimum absolute atomic E-state index is 0.649. The molecule has 4 nitrogen and oxygen atoms in total. The van der Waals surface area contributed by atoms with Gasteiger partial charge in [-0.1, -0.05) is 12.2 Å². The van der Waals surface area contributed by atoms with Gasteiger partial charge in [0.15, 0.2) is 5.65 Å². The van der Waals surface area contributed by atoms with Crippen LogP contribution >= 0.6 is 12.2 Å². The molecule has 1 N–H and O–H groups in total. The van der Waals surface area contributed by atoms with Gasteiger partial charge in [-0.05, 0) is 0 Å². The van der Waals surface area contributed by atoms with Gasteiger partial charge in [-0.25, -0.2) is 15.0 Å². The number of hydrogen-bond donors (Lipinski definition) is 1. The van der Waals surface area contributed by atoms with Crippen LogP contribution in [0, 0.1) is 0 Å². The summed E-state index contributed by atoms with van der Waals surface area (Å²) in [6.45, 7) is 0. The van der Waals surface area contributed by atoms with Crippen molar-refractivity contribution in [1.29, 1.82) is 0 Å². The monoisotopic (exact) mass is 164 g/mol. The van der Waals surface area contributed by atoms with Crippen LogP contribution in [0.25, 0.3) is 11.2 Å². The summed E-state index contributed by atoms with van der Waals surface area (Å²) in [5.41, 5.74) is 2.15. The number of H-pyrrole nitrogens is 1. The molecule has 0 aliphatic heterocycles. The molecule has 0 unspecified atom stereocenters. The highest BCUT2D eigenvalue weighted by molar-refractivity contribution is 7.79. The zero-order valence-electron chi connectivity index (χ0n) is 5.48. The Morgan fingerprint density at radius 1 is 1.36 bits per heavy atom. The Bertz CT molecular complexity index is 394. The normalized spacial score (nSPS) is 10.2. The lowest BCUT2D eigenvalue weighted by atomic mass is 10.4. The van der Waals surface area contributed by atoms with Crippen molar-refractivity contribution in [3.05, 3.63) is 18.3 Å². The van der Waals surface area contributed by atoms with E-state index in [1.54, 1.807) is 6.33 Å². The molecule has 5 heteroatoms. The van der Waals surface area contributed by atoms with Gasteiger partial charge in [0.05, 0.1) is 6.33 Å². The Morgan fingerprint density at radius 2 is 2.27 bits per heavy atom. The lowest BCUT2D eigenvalue weighted by molar-refractivity contribution is 1.19. The smallest absolute Gasteiger partial charge is 0.181 e. The van der Waals surface area contributed by atoms with Gasteiger partial charge in [0.2, 0.25) is 0 Å². The second-order valence-corrected chi connectivity index (χ2v) is 2.21. The first-order chi connectivity index (χ1) is 5.42. The summed E-state index contributed by atoms with van der Waals surface area (Å²) < 4.78 is 0. The molecule has 2 aromatic rings. The minimum atomic E-state index is 0.649. The second kappa shape index (κ2) is 2.35. The summed E-state index contributed by atoms with van der Waals surface area (Å²) in [5, 5.41) is 1.50. The molecule has 2 aromatic heterocycles. The zero-order valence-corrected chi connectivity index (χ0v) is 6.30. The lowest BCUT2D eigenvalue weighted by Crippen LogP contribution is -1.89. The molecule has 54 valence electrons. The summed E-state index contributed by atoms with van der Waals surface area (Å²) in [6.07, 6.45) is 3.02. The molecule has 2 heterocycles. The third kappa shape index (κ3) is 0.894. The van der Waals surface area contributed by atoms with Crippen molar-refractivity contribution in [2.24, 2.45) is 0 Å². The van der Waals surface area contributed by atoms with Gasteiger partial charge in [-0.15, -0.1) is 0 Å². The van der Waals surface area contributed by atoms with Crippen molar-refractivity contribution in [2.45, 2.75) is 0 Å². The molecule has 0 spiro atoms. The quantitative estimate of drug-likeness (QED) is 0.630. The standard InChI is InChI=1S/C6H4N4S/c11-1-4-5-6(9-2-7-4)10-3-8-5/h1-3H,(H,7,8,9,10). The Hall–Kier alpha value is -1.36. The van der Waals surface area contributed by atoms with E-state index >= 15 is 0 Å². The third-order valence-corrected chi connectivity index (χ3v) is 1.59. The fourth-order valence-electron chi connectivity index (χ4n) is 0.873. The van der Waals surface area contributed by atoms with Gasteiger partial charge in [0.25, 0.3) is 0 Å². The van der Waals surface area contributed by atoms with Gasteiger partial charge in [0.1, 0.15) is 17.5 Å². The molecule has 0 aliphatic carbocycles. The van der Waals surface area contributed by atoms with Crippen LogP contribution < -0.4 is 0 Å². The van der Waals surface area contributed by atoms with E-state index in [0.29, 0.717) is 11.3 Å². The lowest BCUT2D eigenvalue weighted by Gasteiger charge is -1.89. The van der Waals surface area contributed by atoms with Gasteiger partial charge in [0, 0.05) is 5.37 Å². The zero-order chi connectivity index (χ0) is 7.68. The third-order valence-electron chi connectivity index (χ3n) is 1.36. The van der Waals surface area contributed by atoms with E-state index in [2.05, 4.69) is 19.9 Å². The van der Waals surface area contributed by atoms with Crippen LogP contribution in [0.5, 0.6) is 0 Å². The van der Waals surface area contributed by atoms with E-state index in [0.717, 1.165) is 5.52 Å². The Kier molecular flexibility index (Phi) is 1.36. The summed E-state index contributed by atoms with van der Waals surface area (Å²) >= 11 is 4.75. The first-order valence-electron chi connectivity index (χ1n) is 3.01. The minimum Gasteiger partial charge on any atom is -0.341 e. The largest absolute Gasteiger partial charge is 0.341 e. The molecule has 11 heavy (non-hydrogen) atoms. The molecule has 0 radical (unpaired) electrons. The molecule has 0 saturated carbocycles. The van der Waals surface area contributed by atoms with Crippen LogP contribution in [0.2, 0.25) is 0 Å². The Balaban J connectivity index is 2.88. The molecule has 0 aromatic carbocycles. The highest BCUT2D eigenvalue weighted by Gasteiger charge is 2.00. The number of thiocarbonyl (C=S) groups is 1. The van der Waals surface area contributed by atoms with Crippen molar-refractivity contribution in [3.8, 4) is 0 Å². The maximum absolute atomic E-state index is 4.75. The molecular weight excluding hydrogens is 160 g/mol. The van der Waals surface area contributed by atoms with Crippen LogP contribution in [-0.4, -0.2) is 25.3 Å². The van der Waals surface area contributed by atoms with Gasteiger partial charge in [-0.3, -0.25) is 0 Å². The van der Waals surface area contributed by atoms with E-state index < -0.39 is 0 Å². The van der Waals surface area contributed by atoms with E-state index in [-0.39, 0.29) is 0 Å². The number of nitrogens with zero attached hydrogens (tertiary/aromatic N) is 3. The van der Waals surface area contributed by atoms with Gasteiger partial charge >= 0.3 is 0 Å². The van der Waals surface area contributed by atoms with Gasteiger partial charge in [-0.2, -0.15) is 0 Å². The molecule has 0 saturated heterocycles. The topological polar surface area (TPSA) is 54.5 Å². The predicted octanol–water partition coefficient (Wildman–Crippen LogP) is 0.701.